The van der Waals surface area contributed by atoms with Gasteiger partial charge in [0.2, 0.25) is 5.91 Å². The number of nitrogens with one attached hydrogen (secondary N) is 2. The lowest BCUT2D eigenvalue weighted by molar-refractivity contribution is -0.126. The zero-order valence-electron chi connectivity index (χ0n) is 15.8. The lowest BCUT2D eigenvalue weighted by atomic mass is 10.0. The van der Waals surface area contributed by atoms with Gasteiger partial charge in [0.15, 0.2) is 5.78 Å². The van der Waals surface area contributed by atoms with Gasteiger partial charge in [-0.1, -0.05) is 60.7 Å². The molecular weight excluding hydrogens is 352 g/mol. The van der Waals surface area contributed by atoms with Gasteiger partial charge in [-0.25, -0.2) is 0 Å². The molecule has 0 fully saturated rings. The Morgan fingerprint density at radius 1 is 0.929 bits per heavy atom. The van der Waals surface area contributed by atoms with E-state index >= 15 is 0 Å². The van der Waals surface area contributed by atoms with Gasteiger partial charge in [0.05, 0.1) is 24.9 Å². The third-order valence-corrected chi connectivity index (χ3v) is 4.54. The number of hydrogen-bond acceptors (Lipinski definition) is 4. The molecule has 0 aliphatic rings. The Morgan fingerprint density at radius 3 is 2.21 bits per heavy atom. The van der Waals surface area contributed by atoms with Crippen LogP contribution in [0.2, 0.25) is 0 Å². The summed E-state index contributed by atoms with van der Waals surface area (Å²) < 4.78 is 5.53. The molecule has 0 bridgehead atoms. The van der Waals surface area contributed by atoms with Gasteiger partial charge in [-0.05, 0) is 36.6 Å². The van der Waals surface area contributed by atoms with E-state index in [0.29, 0.717) is 6.42 Å². The number of amides is 1. The van der Waals surface area contributed by atoms with Crippen LogP contribution in [0.4, 0.5) is 0 Å². The lowest BCUT2D eigenvalue weighted by Gasteiger charge is -2.19. The Morgan fingerprint density at radius 2 is 1.61 bits per heavy atom. The highest BCUT2D eigenvalue weighted by Gasteiger charge is 2.20. The van der Waals surface area contributed by atoms with E-state index in [2.05, 4.69) is 10.6 Å². The molecule has 0 saturated carbocycles. The van der Waals surface area contributed by atoms with Crippen molar-refractivity contribution in [1.82, 2.24) is 10.6 Å². The van der Waals surface area contributed by atoms with Gasteiger partial charge in [0.1, 0.15) is 5.76 Å². The molecule has 0 aliphatic heterocycles. The second-order valence-corrected chi connectivity index (χ2v) is 6.66. The Hall–Kier alpha value is -3.18. The van der Waals surface area contributed by atoms with Crippen molar-refractivity contribution >= 4 is 11.7 Å². The Balaban J connectivity index is 1.63. The number of carbonyl (C=O) groups is 2. The van der Waals surface area contributed by atoms with Crippen LogP contribution in [0.25, 0.3) is 0 Å². The first-order chi connectivity index (χ1) is 13.6. The number of hydrogen-bond donors (Lipinski definition) is 2. The third-order valence-electron chi connectivity index (χ3n) is 4.54. The standard InChI is InChI=1S/C23H24N2O3/c1-17(26)20(15-18-9-4-2-5-10-18)25-22(27)16-24-23(21-13-8-14-28-21)19-11-6-3-7-12-19/h2-14,20,23-24H,15-16H2,1H3,(H,25,27)/t20-,23-/m1/s1. The van der Waals surface area contributed by atoms with Crippen molar-refractivity contribution in [2.24, 2.45) is 0 Å². The van der Waals surface area contributed by atoms with Crippen LogP contribution in [-0.4, -0.2) is 24.3 Å². The fourth-order valence-corrected chi connectivity index (χ4v) is 3.07. The van der Waals surface area contributed by atoms with Crippen molar-refractivity contribution in [3.63, 3.8) is 0 Å². The summed E-state index contributed by atoms with van der Waals surface area (Å²) >= 11 is 0. The Kier molecular flexibility index (Phi) is 6.76. The summed E-state index contributed by atoms with van der Waals surface area (Å²) in [6.07, 6.45) is 2.08. The van der Waals surface area contributed by atoms with E-state index in [0.717, 1.165) is 16.9 Å². The average Bonchev–Trinajstić information content (AvgIpc) is 3.24. The molecule has 0 aliphatic carbocycles. The molecule has 0 radical (unpaired) electrons. The summed E-state index contributed by atoms with van der Waals surface area (Å²) in [5.41, 5.74) is 2.01. The summed E-state index contributed by atoms with van der Waals surface area (Å²) in [5.74, 6) is 0.429. The first-order valence-electron chi connectivity index (χ1n) is 9.29. The molecule has 144 valence electrons. The van der Waals surface area contributed by atoms with Gasteiger partial charge in [-0.15, -0.1) is 0 Å². The maximum atomic E-state index is 12.5. The first-order valence-corrected chi connectivity index (χ1v) is 9.29. The fourth-order valence-electron chi connectivity index (χ4n) is 3.07. The van der Waals surface area contributed by atoms with E-state index in [9.17, 15) is 9.59 Å². The quantitative estimate of drug-likeness (QED) is 0.601. The number of carbonyl (C=O) groups excluding carboxylic acids is 2. The molecule has 1 amide bonds. The summed E-state index contributed by atoms with van der Waals surface area (Å²) in [5, 5.41) is 6.06. The van der Waals surface area contributed by atoms with Crippen molar-refractivity contribution in [1.29, 1.82) is 0 Å². The van der Waals surface area contributed by atoms with Gasteiger partial charge in [-0.2, -0.15) is 0 Å². The number of benzene rings is 2. The average molecular weight is 376 g/mol. The second-order valence-electron chi connectivity index (χ2n) is 6.66. The summed E-state index contributed by atoms with van der Waals surface area (Å²) in [6.45, 7) is 1.57. The third kappa shape index (κ3) is 5.41. The molecule has 0 unspecified atom stereocenters. The molecule has 28 heavy (non-hydrogen) atoms. The van der Waals surface area contributed by atoms with Gasteiger partial charge in [0.25, 0.3) is 0 Å². The van der Waals surface area contributed by atoms with Crippen LogP contribution >= 0.6 is 0 Å². The van der Waals surface area contributed by atoms with Crippen LogP contribution in [0.1, 0.15) is 29.9 Å². The van der Waals surface area contributed by atoms with Crippen molar-refractivity contribution in [2.45, 2.75) is 25.4 Å². The highest BCUT2D eigenvalue weighted by atomic mass is 16.3. The smallest absolute Gasteiger partial charge is 0.234 e. The highest BCUT2D eigenvalue weighted by molar-refractivity contribution is 5.88. The van der Waals surface area contributed by atoms with Crippen molar-refractivity contribution in [2.75, 3.05) is 6.54 Å². The van der Waals surface area contributed by atoms with Crippen LogP contribution in [0.15, 0.2) is 83.5 Å². The van der Waals surface area contributed by atoms with E-state index < -0.39 is 6.04 Å². The number of rotatable bonds is 9. The normalized spacial score (nSPS) is 12.9. The molecule has 2 N–H and O–H groups in total. The fraction of sp³-hybridized carbons (Fsp3) is 0.217. The zero-order chi connectivity index (χ0) is 19.8. The largest absolute Gasteiger partial charge is 0.467 e. The monoisotopic (exact) mass is 376 g/mol. The maximum Gasteiger partial charge on any atom is 0.234 e. The molecule has 0 saturated heterocycles. The van der Waals surface area contributed by atoms with E-state index in [-0.39, 0.29) is 24.3 Å². The van der Waals surface area contributed by atoms with E-state index in [4.69, 9.17) is 4.42 Å². The van der Waals surface area contributed by atoms with Gasteiger partial charge >= 0.3 is 0 Å². The topological polar surface area (TPSA) is 71.3 Å². The van der Waals surface area contributed by atoms with Crippen molar-refractivity contribution in [3.8, 4) is 0 Å². The summed E-state index contributed by atoms with van der Waals surface area (Å²) in [6, 6.07) is 22.3. The molecular formula is C23H24N2O3. The van der Waals surface area contributed by atoms with Crippen LogP contribution in [-0.2, 0) is 16.0 Å². The highest BCUT2D eigenvalue weighted by Crippen LogP contribution is 2.21. The Bertz CT molecular complexity index is 877. The number of ketones is 1. The first kappa shape index (κ1) is 19.6. The van der Waals surface area contributed by atoms with Gasteiger partial charge in [-0.3, -0.25) is 14.9 Å². The molecule has 5 heteroatoms. The molecule has 5 nitrogen and oxygen atoms in total. The van der Waals surface area contributed by atoms with Crippen LogP contribution in [0.3, 0.4) is 0 Å². The maximum absolute atomic E-state index is 12.5. The number of Topliss-reactive ketones (excluding diaryl/α,β-unsaturated/α-hetero) is 1. The minimum absolute atomic E-state index is 0.0668. The van der Waals surface area contributed by atoms with Crippen molar-refractivity contribution in [3.05, 3.63) is 95.9 Å². The van der Waals surface area contributed by atoms with E-state index in [1.807, 2.05) is 72.8 Å². The van der Waals surface area contributed by atoms with Crippen LogP contribution < -0.4 is 10.6 Å². The van der Waals surface area contributed by atoms with Crippen molar-refractivity contribution < 1.29 is 14.0 Å². The van der Waals surface area contributed by atoms with Crippen LogP contribution in [0, 0.1) is 0 Å². The van der Waals surface area contributed by atoms with Crippen LogP contribution in [0.5, 0.6) is 0 Å². The molecule has 3 rings (SSSR count). The van der Waals surface area contributed by atoms with E-state index in [1.54, 1.807) is 6.26 Å². The molecule has 1 heterocycles. The summed E-state index contributed by atoms with van der Waals surface area (Å²) in [4.78, 5) is 24.5. The van der Waals surface area contributed by atoms with Gasteiger partial charge in [0, 0.05) is 0 Å². The Labute approximate surface area is 164 Å². The summed E-state index contributed by atoms with van der Waals surface area (Å²) in [7, 11) is 0. The van der Waals surface area contributed by atoms with E-state index in [1.165, 1.54) is 6.92 Å². The molecule has 2 aromatic carbocycles. The predicted octanol–water partition coefficient (Wildman–Crippen LogP) is 3.28. The molecule has 0 spiro atoms. The lowest BCUT2D eigenvalue weighted by Crippen LogP contribution is -2.45. The predicted molar refractivity (Wildman–Crippen MR) is 108 cm³/mol. The minimum Gasteiger partial charge on any atom is -0.467 e. The molecule has 3 aromatic rings. The minimum atomic E-state index is -0.546. The molecule has 1 aromatic heterocycles. The molecule has 2 atom stereocenters. The SMILES string of the molecule is CC(=O)[C@@H](Cc1ccccc1)NC(=O)CN[C@H](c1ccccc1)c1ccco1. The van der Waals surface area contributed by atoms with Gasteiger partial charge < -0.3 is 9.73 Å². The second kappa shape index (κ2) is 9.67. The number of furan rings is 1. The zero-order valence-corrected chi connectivity index (χ0v) is 15.8.